The lowest BCUT2D eigenvalue weighted by Crippen LogP contribution is -2.41. The van der Waals surface area contributed by atoms with Gasteiger partial charge in [0.05, 0.1) is 19.4 Å². The lowest BCUT2D eigenvalue weighted by atomic mass is 10.0. The van der Waals surface area contributed by atoms with Crippen molar-refractivity contribution in [2.45, 2.75) is 31.8 Å². The average molecular weight is 589 g/mol. The molecule has 0 bridgehead atoms. The molecular weight excluding hydrogens is 556 g/mol. The number of ether oxygens (including phenoxy) is 1. The van der Waals surface area contributed by atoms with E-state index in [1.165, 1.54) is 22.8 Å². The highest BCUT2D eigenvalue weighted by atomic mass is 35.5. The third-order valence-electron chi connectivity index (χ3n) is 8.19. The Bertz CT molecular complexity index is 1620. The second-order valence-corrected chi connectivity index (χ2v) is 11.2. The number of nitrogens with zero attached hydrogens (tertiary/aromatic N) is 3. The maximum Gasteiger partial charge on any atom is 0.272 e. The number of benzene rings is 2. The highest BCUT2D eigenvalue weighted by Crippen LogP contribution is 2.38. The zero-order chi connectivity index (χ0) is 29.1. The van der Waals surface area contributed by atoms with Gasteiger partial charge in [0.1, 0.15) is 5.69 Å². The zero-order valence-corrected chi connectivity index (χ0v) is 23.9. The fourth-order valence-corrected chi connectivity index (χ4v) is 6.21. The quantitative estimate of drug-likeness (QED) is 0.131. The molecule has 4 aromatic rings. The average Bonchev–Trinajstić information content (AvgIpc) is 3.76. The minimum absolute atomic E-state index is 0.0468. The van der Waals surface area contributed by atoms with Crippen LogP contribution in [0.5, 0.6) is 0 Å². The van der Waals surface area contributed by atoms with E-state index in [2.05, 4.69) is 38.3 Å². The van der Waals surface area contributed by atoms with Crippen molar-refractivity contribution in [3.63, 3.8) is 0 Å². The molecule has 4 N–H and O–H groups in total. The van der Waals surface area contributed by atoms with Crippen LogP contribution in [0, 0.1) is 0 Å². The molecule has 1 aliphatic heterocycles. The number of aryl methyl sites for hydroxylation is 1. The van der Waals surface area contributed by atoms with Crippen LogP contribution in [0.3, 0.4) is 0 Å². The number of halogens is 1. The first-order chi connectivity index (χ1) is 20.5. The van der Waals surface area contributed by atoms with Crippen LogP contribution in [-0.4, -0.2) is 74.9 Å². The Balaban J connectivity index is 1.27. The van der Waals surface area contributed by atoms with Gasteiger partial charge in [-0.1, -0.05) is 35.9 Å². The summed E-state index contributed by atoms with van der Waals surface area (Å²) in [7, 11) is 0. The van der Waals surface area contributed by atoms with Gasteiger partial charge in [-0.15, -0.1) is 0 Å². The lowest BCUT2D eigenvalue weighted by molar-refractivity contribution is -0.124. The van der Waals surface area contributed by atoms with Gasteiger partial charge in [-0.2, -0.15) is 5.10 Å². The summed E-state index contributed by atoms with van der Waals surface area (Å²) in [5, 5.41) is 17.9. The van der Waals surface area contributed by atoms with Crippen molar-refractivity contribution >= 4 is 40.4 Å². The van der Waals surface area contributed by atoms with Gasteiger partial charge < -0.3 is 14.6 Å². The first-order valence-corrected chi connectivity index (χ1v) is 14.5. The van der Waals surface area contributed by atoms with Crippen LogP contribution in [0.4, 0.5) is 0 Å². The van der Waals surface area contributed by atoms with E-state index in [1.54, 1.807) is 17.8 Å². The Morgan fingerprint density at radius 2 is 2.05 bits per heavy atom. The number of carbonyl (C=O) groups is 2. The number of nitrogens with one attached hydrogen (secondary N) is 3. The number of aromatic nitrogens is 3. The fourth-order valence-electron chi connectivity index (χ4n) is 6.04. The van der Waals surface area contributed by atoms with E-state index in [9.17, 15) is 9.59 Å². The van der Waals surface area contributed by atoms with E-state index in [0.717, 1.165) is 47.8 Å². The molecular formula is C31H33ClN6O4. The monoisotopic (exact) mass is 588 g/mol. The fraction of sp³-hybridized carbons (Fsp3) is 0.323. The smallest absolute Gasteiger partial charge is 0.272 e. The van der Waals surface area contributed by atoms with E-state index in [0.29, 0.717) is 43.6 Å². The van der Waals surface area contributed by atoms with E-state index >= 15 is 0 Å². The molecule has 1 fully saturated rings. The van der Waals surface area contributed by atoms with Gasteiger partial charge in [0.25, 0.3) is 11.8 Å². The Kier molecular flexibility index (Phi) is 8.38. The van der Waals surface area contributed by atoms with Crippen molar-refractivity contribution in [3.05, 3.63) is 93.4 Å². The van der Waals surface area contributed by atoms with Gasteiger partial charge in [0, 0.05) is 66.0 Å². The van der Waals surface area contributed by atoms with Crippen LogP contribution >= 0.6 is 11.6 Å². The molecule has 2 aliphatic rings. The number of H-pyrrole nitrogens is 2. The molecule has 0 saturated carbocycles. The van der Waals surface area contributed by atoms with Crippen molar-refractivity contribution in [2.24, 2.45) is 0 Å². The molecule has 1 saturated heterocycles. The molecule has 42 heavy (non-hydrogen) atoms. The van der Waals surface area contributed by atoms with Crippen molar-refractivity contribution < 1.29 is 19.5 Å². The first-order valence-electron chi connectivity index (χ1n) is 14.1. The van der Waals surface area contributed by atoms with Crippen LogP contribution < -0.4 is 5.48 Å². The van der Waals surface area contributed by atoms with Crippen molar-refractivity contribution in [3.8, 4) is 0 Å². The molecule has 1 atom stereocenters. The molecule has 11 heteroatoms. The molecule has 6 rings (SSSR count). The number of hydrogen-bond donors (Lipinski definition) is 4. The third-order valence-corrected chi connectivity index (χ3v) is 8.43. The molecule has 2 aromatic heterocycles. The Morgan fingerprint density at radius 3 is 2.88 bits per heavy atom. The number of rotatable bonds is 9. The van der Waals surface area contributed by atoms with Crippen LogP contribution in [0.15, 0.2) is 54.9 Å². The van der Waals surface area contributed by atoms with E-state index < -0.39 is 5.91 Å². The van der Waals surface area contributed by atoms with Crippen molar-refractivity contribution in [1.82, 2.24) is 30.5 Å². The Labute approximate surface area is 248 Å². The summed E-state index contributed by atoms with van der Waals surface area (Å²) < 4.78 is 5.44. The molecule has 1 unspecified atom stereocenters. The van der Waals surface area contributed by atoms with Gasteiger partial charge in [-0.25, -0.2) is 5.48 Å². The number of amides is 2. The summed E-state index contributed by atoms with van der Waals surface area (Å²) >= 11 is 6.21. The van der Waals surface area contributed by atoms with Gasteiger partial charge in [-0.05, 0) is 59.7 Å². The first kappa shape index (κ1) is 28.2. The van der Waals surface area contributed by atoms with Gasteiger partial charge in [-0.3, -0.25) is 24.8 Å². The topological polar surface area (TPSA) is 127 Å². The number of aromatic amines is 2. The Hall–Kier alpha value is -3.96. The number of carbonyl (C=O) groups excluding carboxylic acids is 2. The third kappa shape index (κ3) is 5.98. The summed E-state index contributed by atoms with van der Waals surface area (Å²) in [6.07, 6.45) is 9.47. The normalized spacial score (nSPS) is 16.9. The highest BCUT2D eigenvalue weighted by Gasteiger charge is 2.30. The van der Waals surface area contributed by atoms with Crippen LogP contribution in [0.25, 0.3) is 17.0 Å². The number of fused-ring (bicyclic) bond motifs is 2. The predicted molar refractivity (Wildman–Crippen MR) is 159 cm³/mol. The summed E-state index contributed by atoms with van der Waals surface area (Å²) in [4.78, 5) is 32.4. The van der Waals surface area contributed by atoms with E-state index in [4.69, 9.17) is 21.5 Å². The minimum Gasteiger partial charge on any atom is -0.378 e. The second kappa shape index (κ2) is 12.5. The maximum absolute atomic E-state index is 13.4. The predicted octanol–water partition coefficient (Wildman–Crippen LogP) is 4.27. The minimum atomic E-state index is -0.568. The van der Waals surface area contributed by atoms with Crippen LogP contribution in [0.2, 0.25) is 5.02 Å². The zero-order valence-electron chi connectivity index (χ0n) is 23.1. The number of hydrogen-bond acceptors (Lipinski definition) is 6. The summed E-state index contributed by atoms with van der Waals surface area (Å²) in [6, 6.07) is 12.3. The Morgan fingerprint density at radius 1 is 1.19 bits per heavy atom. The summed E-state index contributed by atoms with van der Waals surface area (Å²) in [5.41, 5.74) is 8.63. The van der Waals surface area contributed by atoms with Crippen molar-refractivity contribution in [2.75, 3.05) is 32.8 Å². The molecule has 3 heterocycles. The van der Waals surface area contributed by atoms with E-state index in [-0.39, 0.29) is 11.9 Å². The molecule has 1 aliphatic carbocycles. The van der Waals surface area contributed by atoms with Crippen LogP contribution in [-0.2, 0) is 28.9 Å². The largest absolute Gasteiger partial charge is 0.378 e. The lowest BCUT2D eigenvalue weighted by Gasteiger charge is -2.30. The molecule has 2 aromatic carbocycles. The molecule has 10 nitrogen and oxygen atoms in total. The van der Waals surface area contributed by atoms with Crippen molar-refractivity contribution in [1.29, 1.82) is 0 Å². The maximum atomic E-state index is 13.4. The number of morpholine rings is 1. The second-order valence-electron chi connectivity index (χ2n) is 10.7. The van der Waals surface area contributed by atoms with Crippen LogP contribution in [0.1, 0.15) is 50.8 Å². The summed E-state index contributed by atoms with van der Waals surface area (Å²) in [5.74, 6) is -0.615. The molecule has 0 radical (unpaired) electrons. The SMILES string of the molecule is O=C(/C=C/c1ccc2c(c1)CCC2N(CCc1c[nH]c2cc(Cl)ccc12)Cc1cn[nH]c1C(=O)N1CCOCC1)NO. The standard InChI is InChI=1S/C31H33ClN6O4/c32-24-4-6-25-22(17-33-27(25)16-24)9-10-38(19-23-18-34-35-30(23)31(40)37-11-13-42-14-12-37)28-7-3-21-15-20(1-5-26(21)28)2-8-29(39)36-41/h1-2,4-6,8,15-18,28,33,41H,3,7,9-14,19H2,(H,34,35)(H,36,39)/b8-2+. The van der Waals surface area contributed by atoms with Gasteiger partial charge in [0.15, 0.2) is 0 Å². The number of hydroxylamine groups is 1. The molecule has 218 valence electrons. The molecule has 0 spiro atoms. The van der Waals surface area contributed by atoms with Gasteiger partial charge in [0.2, 0.25) is 0 Å². The van der Waals surface area contributed by atoms with E-state index in [1.807, 2.05) is 29.3 Å². The highest BCUT2D eigenvalue weighted by molar-refractivity contribution is 6.31. The molecule has 2 amide bonds. The van der Waals surface area contributed by atoms with Gasteiger partial charge >= 0.3 is 0 Å². The summed E-state index contributed by atoms with van der Waals surface area (Å²) in [6.45, 7) is 3.55.